The predicted octanol–water partition coefficient (Wildman–Crippen LogP) is 3.23. The van der Waals surface area contributed by atoms with Crippen molar-refractivity contribution in [2.75, 3.05) is 12.3 Å². The van der Waals surface area contributed by atoms with Crippen LogP contribution in [0.5, 0.6) is 0 Å². The molecular formula is C17H11F2N3O2S. The first-order valence-electron chi connectivity index (χ1n) is 7.47. The van der Waals surface area contributed by atoms with E-state index in [9.17, 15) is 18.4 Å². The summed E-state index contributed by atoms with van der Waals surface area (Å²) >= 11 is 1.27. The summed E-state index contributed by atoms with van der Waals surface area (Å²) in [5, 5.41) is 0.469. The molecule has 1 aliphatic rings. The number of nitrogens with one attached hydrogen (secondary N) is 1. The van der Waals surface area contributed by atoms with Crippen LogP contribution < -0.4 is 0 Å². The van der Waals surface area contributed by atoms with Crippen molar-refractivity contribution < 1.29 is 18.4 Å². The normalized spacial score (nSPS) is 13.8. The molecule has 0 atom stereocenters. The monoisotopic (exact) mass is 359 g/mol. The SMILES string of the molecule is O=C1c2ccccc2C(=O)N1CCSc1nc2cc(F)c(F)cc2[nH]1. The molecule has 0 radical (unpaired) electrons. The molecule has 2 aromatic carbocycles. The lowest BCUT2D eigenvalue weighted by molar-refractivity contribution is 0.0664. The fraction of sp³-hybridized carbons (Fsp3) is 0.118. The number of H-pyrrole nitrogens is 1. The molecule has 0 saturated heterocycles. The summed E-state index contributed by atoms with van der Waals surface area (Å²) in [4.78, 5) is 32.8. The number of rotatable bonds is 4. The lowest BCUT2D eigenvalue weighted by Gasteiger charge is -2.12. The van der Waals surface area contributed by atoms with Crippen LogP contribution in [0, 0.1) is 11.6 Å². The van der Waals surface area contributed by atoms with Crippen LogP contribution in [0.15, 0.2) is 41.6 Å². The summed E-state index contributed by atoms with van der Waals surface area (Å²) in [6, 6.07) is 8.77. The molecule has 3 aromatic rings. The third kappa shape index (κ3) is 2.68. The zero-order chi connectivity index (χ0) is 17.6. The summed E-state index contributed by atoms with van der Waals surface area (Å²) < 4.78 is 26.4. The average molecular weight is 359 g/mol. The number of fused-ring (bicyclic) bond motifs is 2. The van der Waals surface area contributed by atoms with Gasteiger partial charge in [-0.15, -0.1) is 0 Å². The minimum Gasteiger partial charge on any atom is -0.333 e. The summed E-state index contributed by atoms with van der Waals surface area (Å²) in [5.74, 6) is -2.11. The molecule has 0 saturated carbocycles. The molecule has 1 N–H and O–H groups in total. The van der Waals surface area contributed by atoms with Crippen molar-refractivity contribution in [1.29, 1.82) is 0 Å². The molecule has 0 fully saturated rings. The van der Waals surface area contributed by atoms with Gasteiger partial charge in [-0.1, -0.05) is 23.9 Å². The quantitative estimate of drug-likeness (QED) is 0.574. The number of carbonyl (C=O) groups is 2. The smallest absolute Gasteiger partial charge is 0.261 e. The molecule has 0 aliphatic carbocycles. The molecule has 0 bridgehead atoms. The molecule has 1 aliphatic heterocycles. The number of imidazole rings is 1. The number of benzene rings is 2. The van der Waals surface area contributed by atoms with Crippen LogP contribution in [-0.2, 0) is 0 Å². The number of thioether (sulfide) groups is 1. The van der Waals surface area contributed by atoms with E-state index in [1.54, 1.807) is 24.3 Å². The highest BCUT2D eigenvalue weighted by Gasteiger charge is 2.34. The lowest BCUT2D eigenvalue weighted by atomic mass is 10.1. The largest absolute Gasteiger partial charge is 0.333 e. The van der Waals surface area contributed by atoms with E-state index in [0.717, 1.165) is 12.1 Å². The maximum atomic E-state index is 13.2. The molecular weight excluding hydrogens is 348 g/mol. The summed E-state index contributed by atoms with van der Waals surface area (Å²) in [6.45, 7) is 0.219. The predicted molar refractivity (Wildman–Crippen MR) is 88.5 cm³/mol. The van der Waals surface area contributed by atoms with Gasteiger partial charge >= 0.3 is 0 Å². The van der Waals surface area contributed by atoms with Crippen molar-refractivity contribution in [3.63, 3.8) is 0 Å². The van der Waals surface area contributed by atoms with E-state index in [-0.39, 0.29) is 18.4 Å². The number of imide groups is 1. The van der Waals surface area contributed by atoms with E-state index < -0.39 is 11.6 Å². The Bertz CT molecular complexity index is 944. The maximum absolute atomic E-state index is 13.2. The van der Waals surface area contributed by atoms with Crippen LogP contribution in [0.2, 0.25) is 0 Å². The molecule has 5 nitrogen and oxygen atoms in total. The molecule has 1 aromatic heterocycles. The van der Waals surface area contributed by atoms with Crippen molar-refractivity contribution in [2.45, 2.75) is 5.16 Å². The Balaban J connectivity index is 1.45. The highest BCUT2D eigenvalue weighted by Crippen LogP contribution is 2.25. The second-order valence-corrected chi connectivity index (χ2v) is 6.57. The van der Waals surface area contributed by atoms with Gasteiger partial charge in [0.15, 0.2) is 16.8 Å². The zero-order valence-corrected chi connectivity index (χ0v) is 13.6. The van der Waals surface area contributed by atoms with Gasteiger partial charge in [-0.3, -0.25) is 14.5 Å². The topological polar surface area (TPSA) is 66.1 Å². The highest BCUT2D eigenvalue weighted by atomic mass is 32.2. The van der Waals surface area contributed by atoms with E-state index in [4.69, 9.17) is 0 Å². The summed E-state index contributed by atoms with van der Waals surface area (Å²) in [5.41, 5.74) is 1.53. The third-order valence-corrected chi connectivity index (χ3v) is 4.79. The number of aromatic nitrogens is 2. The van der Waals surface area contributed by atoms with E-state index in [2.05, 4.69) is 9.97 Å². The van der Waals surface area contributed by atoms with Gasteiger partial charge in [0.05, 0.1) is 22.2 Å². The molecule has 4 rings (SSSR count). The Morgan fingerprint density at radius 3 is 2.36 bits per heavy atom. The molecule has 8 heteroatoms. The Morgan fingerprint density at radius 2 is 1.68 bits per heavy atom. The van der Waals surface area contributed by atoms with Gasteiger partial charge in [-0.2, -0.15) is 0 Å². The molecule has 25 heavy (non-hydrogen) atoms. The van der Waals surface area contributed by atoms with Crippen molar-refractivity contribution in [1.82, 2.24) is 14.9 Å². The first kappa shape index (κ1) is 15.8. The Hall–Kier alpha value is -2.74. The maximum Gasteiger partial charge on any atom is 0.261 e. The first-order chi connectivity index (χ1) is 12.0. The number of hydrogen-bond acceptors (Lipinski definition) is 4. The van der Waals surface area contributed by atoms with Crippen molar-refractivity contribution in [2.24, 2.45) is 0 Å². The van der Waals surface area contributed by atoms with E-state index in [1.165, 1.54) is 16.7 Å². The number of carbonyl (C=O) groups excluding carboxylic acids is 2. The van der Waals surface area contributed by atoms with Crippen LogP contribution in [0.25, 0.3) is 11.0 Å². The number of nitrogens with zero attached hydrogens (tertiary/aromatic N) is 2. The Labute approximate surface area is 145 Å². The number of hydrogen-bond donors (Lipinski definition) is 1. The molecule has 2 heterocycles. The van der Waals surface area contributed by atoms with Crippen molar-refractivity contribution in [3.8, 4) is 0 Å². The standard InChI is InChI=1S/C17H11F2N3O2S/c18-11-7-13-14(8-12(11)19)21-17(20-13)25-6-5-22-15(23)9-3-1-2-4-10(9)16(22)24/h1-4,7-8H,5-6H2,(H,20,21). The Kier molecular flexibility index (Phi) is 3.76. The van der Waals surface area contributed by atoms with Crippen molar-refractivity contribution in [3.05, 3.63) is 59.2 Å². The van der Waals surface area contributed by atoms with Gasteiger partial charge in [-0.25, -0.2) is 13.8 Å². The zero-order valence-electron chi connectivity index (χ0n) is 12.8. The number of aromatic amines is 1. The van der Waals surface area contributed by atoms with Crippen LogP contribution in [0.4, 0.5) is 8.78 Å². The van der Waals surface area contributed by atoms with Gasteiger partial charge in [0.25, 0.3) is 11.8 Å². The van der Waals surface area contributed by atoms with Crippen LogP contribution in [0.1, 0.15) is 20.7 Å². The van der Waals surface area contributed by atoms with Crippen LogP contribution >= 0.6 is 11.8 Å². The summed E-state index contributed by atoms with van der Waals surface area (Å²) in [6.07, 6.45) is 0. The second-order valence-electron chi connectivity index (χ2n) is 5.48. The van der Waals surface area contributed by atoms with Gasteiger partial charge in [-0.05, 0) is 12.1 Å². The Morgan fingerprint density at radius 1 is 1.04 bits per heavy atom. The van der Waals surface area contributed by atoms with Gasteiger partial charge < -0.3 is 4.98 Å². The fourth-order valence-electron chi connectivity index (χ4n) is 2.73. The minimum absolute atomic E-state index is 0.219. The van der Waals surface area contributed by atoms with Crippen LogP contribution in [0.3, 0.4) is 0 Å². The first-order valence-corrected chi connectivity index (χ1v) is 8.46. The minimum atomic E-state index is -0.957. The second kappa shape index (κ2) is 5.96. The highest BCUT2D eigenvalue weighted by molar-refractivity contribution is 7.99. The van der Waals surface area contributed by atoms with Gasteiger partial charge in [0.1, 0.15) is 0 Å². The number of halogens is 2. The van der Waals surface area contributed by atoms with E-state index >= 15 is 0 Å². The average Bonchev–Trinajstić information content (AvgIpc) is 3.09. The third-order valence-electron chi connectivity index (χ3n) is 3.93. The summed E-state index contributed by atoms with van der Waals surface area (Å²) in [7, 11) is 0. The molecule has 2 amide bonds. The molecule has 126 valence electrons. The van der Waals surface area contributed by atoms with Crippen LogP contribution in [-0.4, -0.2) is 39.0 Å². The molecule has 0 unspecified atom stereocenters. The van der Waals surface area contributed by atoms with Gasteiger partial charge in [0, 0.05) is 24.4 Å². The fourth-order valence-corrected chi connectivity index (χ4v) is 3.54. The number of amides is 2. The van der Waals surface area contributed by atoms with E-state index in [1.807, 2.05) is 0 Å². The van der Waals surface area contributed by atoms with E-state index in [0.29, 0.717) is 33.1 Å². The lowest BCUT2D eigenvalue weighted by Crippen LogP contribution is -2.31. The molecule has 0 spiro atoms. The van der Waals surface area contributed by atoms with Crippen molar-refractivity contribution >= 4 is 34.6 Å². The van der Waals surface area contributed by atoms with Gasteiger partial charge in [0.2, 0.25) is 0 Å².